The molecule has 0 aromatic heterocycles. The summed E-state index contributed by atoms with van der Waals surface area (Å²) in [6.07, 6.45) is 5.33. The summed E-state index contributed by atoms with van der Waals surface area (Å²) < 4.78 is 0. The van der Waals surface area contributed by atoms with E-state index in [0.717, 1.165) is 70.2 Å². The first-order valence-electron chi connectivity index (χ1n) is 14.1. The quantitative estimate of drug-likeness (QED) is 0.256. The Kier molecular flexibility index (Phi) is 9.16. The molecule has 2 amide bonds. The van der Waals surface area contributed by atoms with Crippen molar-refractivity contribution < 1.29 is 14.5 Å². The average molecular weight is 576 g/mol. The lowest BCUT2D eigenvalue weighted by molar-refractivity contribution is -0.384. The fourth-order valence-corrected chi connectivity index (χ4v) is 5.83. The van der Waals surface area contributed by atoms with Crippen molar-refractivity contribution in [3.05, 3.63) is 98.6 Å². The molecule has 1 aliphatic heterocycles. The first kappa shape index (κ1) is 28.6. The van der Waals surface area contributed by atoms with Crippen molar-refractivity contribution in [2.45, 2.75) is 44.7 Å². The highest BCUT2D eigenvalue weighted by Gasteiger charge is 2.25. The predicted molar refractivity (Wildman–Crippen MR) is 161 cm³/mol. The number of hydrogen-bond acceptors (Lipinski definition) is 6. The minimum absolute atomic E-state index is 0.0167. The number of non-ortho nitro benzene ring substituents is 1. The highest BCUT2D eigenvalue weighted by molar-refractivity contribution is 6.34. The Morgan fingerprint density at radius 3 is 2.29 bits per heavy atom. The Bertz CT molecular complexity index is 1400. The lowest BCUT2D eigenvalue weighted by atomic mass is 9.95. The third-order valence-electron chi connectivity index (χ3n) is 7.81. The molecule has 3 aromatic rings. The largest absolute Gasteiger partial charge is 0.368 e. The molecule has 1 aliphatic carbocycles. The number of halogens is 1. The highest BCUT2D eigenvalue weighted by Crippen LogP contribution is 2.29. The van der Waals surface area contributed by atoms with Gasteiger partial charge in [-0.2, -0.15) is 0 Å². The zero-order chi connectivity index (χ0) is 28.8. The van der Waals surface area contributed by atoms with E-state index in [0.29, 0.717) is 11.3 Å². The van der Waals surface area contributed by atoms with Crippen LogP contribution in [0.5, 0.6) is 0 Å². The summed E-state index contributed by atoms with van der Waals surface area (Å²) in [5, 5.41) is 17.0. The standard InChI is InChI=1S/C31H34ClN5O4/c32-28-20-25(37(40)41)12-13-26(28)30(38)34-24-11-14-29(27(19-24)31(39)33-23-9-5-2-6-10-23)36-17-15-35(16-18-36)21-22-7-3-1-4-8-22/h1,3-4,7-8,11-14,19-20,23H,2,5-6,9-10,15-18,21H2,(H,33,39)(H,34,38). The third kappa shape index (κ3) is 7.23. The molecule has 2 aliphatic rings. The van der Waals surface area contributed by atoms with Crippen LogP contribution in [0.2, 0.25) is 5.02 Å². The second kappa shape index (κ2) is 13.1. The molecule has 2 N–H and O–H groups in total. The van der Waals surface area contributed by atoms with Crippen LogP contribution in [-0.2, 0) is 6.54 Å². The lowest BCUT2D eigenvalue weighted by Crippen LogP contribution is -2.46. The number of carbonyl (C=O) groups excluding carboxylic acids is 2. The number of nitrogens with zero attached hydrogens (tertiary/aromatic N) is 3. The van der Waals surface area contributed by atoms with Gasteiger partial charge in [-0.25, -0.2) is 0 Å². The van der Waals surface area contributed by atoms with Crippen LogP contribution in [0.1, 0.15) is 58.4 Å². The molecular weight excluding hydrogens is 542 g/mol. The van der Waals surface area contributed by atoms with Gasteiger partial charge in [0.2, 0.25) is 0 Å². The minimum Gasteiger partial charge on any atom is -0.368 e. The summed E-state index contributed by atoms with van der Waals surface area (Å²) in [6.45, 7) is 4.19. The molecule has 41 heavy (non-hydrogen) atoms. The van der Waals surface area contributed by atoms with Crippen LogP contribution < -0.4 is 15.5 Å². The Morgan fingerprint density at radius 1 is 0.878 bits per heavy atom. The van der Waals surface area contributed by atoms with Gasteiger partial charge in [-0.15, -0.1) is 0 Å². The van der Waals surface area contributed by atoms with Gasteiger partial charge in [0.15, 0.2) is 0 Å². The van der Waals surface area contributed by atoms with Crippen molar-refractivity contribution in [3.63, 3.8) is 0 Å². The fourth-order valence-electron chi connectivity index (χ4n) is 5.57. The lowest BCUT2D eigenvalue weighted by Gasteiger charge is -2.37. The van der Waals surface area contributed by atoms with E-state index < -0.39 is 10.8 Å². The van der Waals surface area contributed by atoms with E-state index in [9.17, 15) is 19.7 Å². The first-order valence-corrected chi connectivity index (χ1v) is 14.5. The van der Waals surface area contributed by atoms with Gasteiger partial charge in [0.05, 0.1) is 21.1 Å². The number of nitro groups is 1. The maximum absolute atomic E-state index is 13.6. The van der Waals surface area contributed by atoms with Crippen molar-refractivity contribution in [1.82, 2.24) is 10.2 Å². The number of nitro benzene ring substituents is 1. The van der Waals surface area contributed by atoms with E-state index in [2.05, 4.69) is 44.7 Å². The Labute approximate surface area is 244 Å². The average Bonchev–Trinajstić information content (AvgIpc) is 2.98. The smallest absolute Gasteiger partial charge is 0.270 e. The third-order valence-corrected chi connectivity index (χ3v) is 8.12. The van der Waals surface area contributed by atoms with Crippen LogP contribution in [0.15, 0.2) is 66.7 Å². The van der Waals surface area contributed by atoms with Crippen molar-refractivity contribution in [3.8, 4) is 0 Å². The number of carbonyl (C=O) groups is 2. The van der Waals surface area contributed by atoms with Crippen LogP contribution in [0.3, 0.4) is 0 Å². The van der Waals surface area contributed by atoms with Gasteiger partial charge < -0.3 is 15.5 Å². The van der Waals surface area contributed by atoms with Gasteiger partial charge in [-0.05, 0) is 42.7 Å². The van der Waals surface area contributed by atoms with Crippen LogP contribution in [0.25, 0.3) is 0 Å². The van der Waals surface area contributed by atoms with Gasteiger partial charge >= 0.3 is 0 Å². The fraction of sp³-hybridized carbons (Fsp3) is 0.355. The number of hydrogen-bond donors (Lipinski definition) is 2. The summed E-state index contributed by atoms with van der Waals surface area (Å²) in [6, 6.07) is 19.6. The summed E-state index contributed by atoms with van der Waals surface area (Å²) in [5.41, 5.74) is 3.00. The Morgan fingerprint density at radius 2 is 1.61 bits per heavy atom. The Balaban J connectivity index is 1.34. The van der Waals surface area contributed by atoms with Crippen molar-refractivity contribution in [2.24, 2.45) is 0 Å². The number of benzene rings is 3. The molecular formula is C31H34ClN5O4. The van der Waals surface area contributed by atoms with Gasteiger partial charge in [0.25, 0.3) is 17.5 Å². The number of piperazine rings is 1. The summed E-state index contributed by atoms with van der Waals surface area (Å²) in [5.74, 6) is -0.658. The molecule has 10 heteroatoms. The van der Waals surface area contributed by atoms with E-state index in [4.69, 9.17) is 11.6 Å². The monoisotopic (exact) mass is 575 g/mol. The van der Waals surface area contributed by atoms with Gasteiger partial charge in [0, 0.05) is 62.3 Å². The molecule has 0 spiro atoms. The predicted octanol–water partition coefficient (Wildman–Crippen LogP) is 5.89. The van der Waals surface area contributed by atoms with Gasteiger partial charge in [-0.1, -0.05) is 61.2 Å². The number of amides is 2. The molecule has 3 aromatic carbocycles. The number of rotatable bonds is 8. The zero-order valence-electron chi connectivity index (χ0n) is 22.9. The molecule has 9 nitrogen and oxygen atoms in total. The maximum Gasteiger partial charge on any atom is 0.270 e. The highest BCUT2D eigenvalue weighted by atomic mass is 35.5. The van der Waals surface area contributed by atoms with Crippen molar-refractivity contribution >= 4 is 40.5 Å². The van der Waals surface area contributed by atoms with E-state index in [1.165, 1.54) is 24.1 Å². The molecule has 1 saturated carbocycles. The second-order valence-electron chi connectivity index (χ2n) is 10.7. The zero-order valence-corrected chi connectivity index (χ0v) is 23.6. The minimum atomic E-state index is -0.565. The topological polar surface area (TPSA) is 108 Å². The van der Waals surface area contributed by atoms with Crippen molar-refractivity contribution in [1.29, 1.82) is 0 Å². The first-order chi connectivity index (χ1) is 19.9. The molecule has 214 valence electrons. The van der Waals surface area contributed by atoms with Gasteiger partial charge in [-0.3, -0.25) is 24.6 Å². The summed E-state index contributed by atoms with van der Waals surface area (Å²) >= 11 is 6.17. The normalized spacial score (nSPS) is 16.3. The van der Waals surface area contributed by atoms with Crippen LogP contribution in [-0.4, -0.2) is 53.9 Å². The van der Waals surface area contributed by atoms with E-state index in [-0.39, 0.29) is 28.2 Å². The van der Waals surface area contributed by atoms with Crippen molar-refractivity contribution in [2.75, 3.05) is 36.4 Å². The van der Waals surface area contributed by atoms with Gasteiger partial charge in [0.1, 0.15) is 0 Å². The molecule has 5 rings (SSSR count). The summed E-state index contributed by atoms with van der Waals surface area (Å²) in [7, 11) is 0. The number of anilines is 2. The van der Waals surface area contributed by atoms with Crippen LogP contribution >= 0.6 is 11.6 Å². The second-order valence-corrected chi connectivity index (χ2v) is 11.1. The molecule has 2 fully saturated rings. The maximum atomic E-state index is 13.6. The van der Waals surface area contributed by atoms with Crippen LogP contribution in [0.4, 0.5) is 17.1 Å². The van der Waals surface area contributed by atoms with E-state index in [1.54, 1.807) is 12.1 Å². The van der Waals surface area contributed by atoms with E-state index >= 15 is 0 Å². The molecule has 0 unspecified atom stereocenters. The van der Waals surface area contributed by atoms with E-state index in [1.807, 2.05) is 12.1 Å². The molecule has 0 atom stereocenters. The summed E-state index contributed by atoms with van der Waals surface area (Å²) in [4.78, 5) is 41.7. The van der Waals surface area contributed by atoms with Crippen LogP contribution in [0, 0.1) is 10.1 Å². The Hall–Kier alpha value is -3.95. The SMILES string of the molecule is O=C(Nc1ccc(N2CCN(Cc3ccccc3)CC2)c(C(=O)NC2CCCCC2)c1)c1ccc([N+](=O)[O-])cc1Cl. The molecule has 1 saturated heterocycles. The molecule has 0 radical (unpaired) electrons. The number of nitrogens with one attached hydrogen (secondary N) is 2. The molecule has 1 heterocycles. The molecule has 0 bridgehead atoms.